The molecule has 6 heteroatoms. The molecule has 2 aliphatic carbocycles. The van der Waals surface area contributed by atoms with Crippen molar-refractivity contribution in [3.8, 4) is 0 Å². The quantitative estimate of drug-likeness (QED) is 0.427. The molecule has 0 aliphatic heterocycles. The molecule has 0 spiro atoms. The van der Waals surface area contributed by atoms with Gasteiger partial charge in [-0.15, -0.1) is 0 Å². The van der Waals surface area contributed by atoms with Crippen molar-refractivity contribution in [1.82, 2.24) is 9.88 Å². The lowest BCUT2D eigenvalue weighted by Crippen LogP contribution is -2.50. The van der Waals surface area contributed by atoms with Crippen LogP contribution < -0.4 is 5.32 Å². The SMILES string of the molecule is CCN(CC1CC1)C1C(=O)c2cc3sc(NC(C)(C)CCOC(C)(C)C)nc3cc2C(C)[C@H]1C. The molecule has 0 saturated heterocycles. The molecular weight excluding hydrogens is 442 g/mol. The van der Waals surface area contributed by atoms with Crippen LogP contribution in [-0.2, 0) is 4.74 Å². The van der Waals surface area contributed by atoms with Gasteiger partial charge in [0.05, 0.1) is 21.9 Å². The van der Waals surface area contributed by atoms with Gasteiger partial charge in [0.2, 0.25) is 0 Å². The number of hydrogen-bond donors (Lipinski definition) is 1. The second kappa shape index (κ2) is 9.51. The highest BCUT2D eigenvalue weighted by atomic mass is 32.1. The Bertz CT molecular complexity index is 1030. The normalized spacial score (nSPS) is 23.6. The highest BCUT2D eigenvalue weighted by Gasteiger charge is 2.42. The zero-order chi connectivity index (χ0) is 24.8. The first-order valence-electron chi connectivity index (χ1n) is 13.0. The summed E-state index contributed by atoms with van der Waals surface area (Å²) in [5, 5.41) is 4.52. The Kier molecular flexibility index (Phi) is 7.16. The van der Waals surface area contributed by atoms with E-state index in [0.717, 1.165) is 46.3 Å². The van der Waals surface area contributed by atoms with E-state index in [9.17, 15) is 4.79 Å². The summed E-state index contributed by atoms with van der Waals surface area (Å²) in [6, 6.07) is 4.28. The van der Waals surface area contributed by atoms with Crippen molar-refractivity contribution in [3.05, 3.63) is 23.3 Å². The van der Waals surface area contributed by atoms with Crippen molar-refractivity contribution in [1.29, 1.82) is 0 Å². The van der Waals surface area contributed by atoms with Crippen LogP contribution in [0.15, 0.2) is 12.1 Å². The Hall–Kier alpha value is -1.50. The van der Waals surface area contributed by atoms with Gasteiger partial charge in [0.1, 0.15) is 0 Å². The summed E-state index contributed by atoms with van der Waals surface area (Å²) in [6.07, 6.45) is 3.51. The molecule has 2 aromatic rings. The fourth-order valence-electron chi connectivity index (χ4n) is 5.12. The molecule has 1 N–H and O–H groups in total. The molecule has 3 atom stereocenters. The molecule has 34 heavy (non-hydrogen) atoms. The summed E-state index contributed by atoms with van der Waals surface area (Å²) in [7, 11) is 0. The van der Waals surface area contributed by atoms with E-state index in [1.807, 2.05) is 0 Å². The monoisotopic (exact) mass is 485 g/mol. The summed E-state index contributed by atoms with van der Waals surface area (Å²) in [4.78, 5) is 21.1. The maximum Gasteiger partial charge on any atom is 0.184 e. The van der Waals surface area contributed by atoms with Gasteiger partial charge in [-0.2, -0.15) is 0 Å². The number of hydrogen-bond acceptors (Lipinski definition) is 6. The zero-order valence-electron chi connectivity index (χ0n) is 22.3. The van der Waals surface area contributed by atoms with E-state index in [4.69, 9.17) is 9.72 Å². The van der Waals surface area contributed by atoms with Crippen molar-refractivity contribution >= 4 is 32.5 Å². The molecule has 5 nitrogen and oxygen atoms in total. The van der Waals surface area contributed by atoms with E-state index in [-0.39, 0.29) is 17.2 Å². The minimum atomic E-state index is -0.133. The molecule has 4 rings (SSSR count). The number of ether oxygens (including phenoxy) is 1. The van der Waals surface area contributed by atoms with Crippen LogP contribution in [0, 0.1) is 11.8 Å². The van der Waals surface area contributed by atoms with Crippen molar-refractivity contribution in [2.45, 2.75) is 97.8 Å². The predicted molar refractivity (Wildman–Crippen MR) is 143 cm³/mol. The van der Waals surface area contributed by atoms with Gasteiger partial charge in [0, 0.05) is 24.3 Å². The number of nitrogens with one attached hydrogen (secondary N) is 1. The van der Waals surface area contributed by atoms with Crippen LogP contribution in [0.5, 0.6) is 0 Å². The predicted octanol–water partition coefficient (Wildman–Crippen LogP) is 6.73. The van der Waals surface area contributed by atoms with Gasteiger partial charge >= 0.3 is 0 Å². The summed E-state index contributed by atoms with van der Waals surface area (Å²) in [5.74, 6) is 1.72. The summed E-state index contributed by atoms with van der Waals surface area (Å²) < 4.78 is 7.02. The zero-order valence-corrected chi connectivity index (χ0v) is 23.1. The largest absolute Gasteiger partial charge is 0.376 e. The molecule has 0 radical (unpaired) electrons. The number of anilines is 1. The number of carbonyl (C=O) groups excluding carboxylic acids is 1. The number of benzene rings is 1. The fourth-order valence-corrected chi connectivity index (χ4v) is 6.19. The maximum atomic E-state index is 13.8. The highest BCUT2D eigenvalue weighted by Crippen LogP contribution is 2.42. The fraction of sp³-hybridized carbons (Fsp3) is 0.714. The Morgan fingerprint density at radius 3 is 2.50 bits per heavy atom. The first-order valence-corrected chi connectivity index (χ1v) is 13.8. The molecule has 1 fully saturated rings. The molecule has 1 saturated carbocycles. The van der Waals surface area contributed by atoms with Crippen LogP contribution in [-0.4, -0.2) is 52.5 Å². The van der Waals surface area contributed by atoms with Crippen molar-refractivity contribution in [3.63, 3.8) is 0 Å². The van der Waals surface area contributed by atoms with Gasteiger partial charge in [-0.25, -0.2) is 4.98 Å². The van der Waals surface area contributed by atoms with Gasteiger partial charge in [-0.05, 0) is 95.9 Å². The number of ketones is 1. The van der Waals surface area contributed by atoms with Crippen molar-refractivity contribution in [2.75, 3.05) is 25.0 Å². The van der Waals surface area contributed by atoms with Gasteiger partial charge in [-0.3, -0.25) is 9.69 Å². The minimum absolute atomic E-state index is 0.0159. The smallest absolute Gasteiger partial charge is 0.184 e. The molecule has 0 amide bonds. The lowest BCUT2D eigenvalue weighted by molar-refractivity contribution is -0.00846. The first-order chi connectivity index (χ1) is 15.9. The van der Waals surface area contributed by atoms with E-state index in [1.165, 1.54) is 18.4 Å². The second-order valence-corrected chi connectivity index (χ2v) is 13.2. The Morgan fingerprint density at radius 1 is 1.18 bits per heavy atom. The van der Waals surface area contributed by atoms with E-state index < -0.39 is 0 Å². The Balaban J connectivity index is 1.56. The summed E-state index contributed by atoms with van der Waals surface area (Å²) >= 11 is 1.65. The number of likely N-dealkylation sites (N-methyl/N-ethyl adjacent to an activating group) is 1. The molecule has 1 heterocycles. The Morgan fingerprint density at radius 2 is 1.88 bits per heavy atom. The van der Waals surface area contributed by atoms with Crippen LogP contribution in [0.1, 0.15) is 96.5 Å². The number of fused-ring (bicyclic) bond motifs is 2. The third-order valence-electron chi connectivity index (χ3n) is 7.57. The van der Waals surface area contributed by atoms with Gasteiger partial charge in [0.15, 0.2) is 10.9 Å². The average Bonchev–Trinajstić information content (AvgIpc) is 3.46. The number of thiazole rings is 1. The van der Waals surface area contributed by atoms with Crippen LogP contribution in [0.3, 0.4) is 0 Å². The van der Waals surface area contributed by atoms with Gasteiger partial charge < -0.3 is 10.1 Å². The number of rotatable bonds is 9. The summed E-state index contributed by atoms with van der Waals surface area (Å²) in [6.45, 7) is 20.1. The van der Waals surface area contributed by atoms with E-state index >= 15 is 0 Å². The number of carbonyl (C=O) groups is 1. The van der Waals surface area contributed by atoms with E-state index in [2.05, 4.69) is 77.7 Å². The molecule has 1 aromatic heterocycles. The second-order valence-electron chi connectivity index (χ2n) is 12.1. The van der Waals surface area contributed by atoms with Crippen LogP contribution in [0.4, 0.5) is 5.13 Å². The third kappa shape index (κ3) is 5.66. The van der Waals surface area contributed by atoms with Gasteiger partial charge in [0.25, 0.3) is 0 Å². The molecule has 188 valence electrons. The third-order valence-corrected chi connectivity index (χ3v) is 8.50. The van der Waals surface area contributed by atoms with Gasteiger partial charge in [-0.1, -0.05) is 32.1 Å². The lowest BCUT2D eigenvalue weighted by Gasteiger charge is -2.41. The number of nitrogens with zero attached hydrogens (tertiary/aromatic N) is 2. The first kappa shape index (κ1) is 25.6. The van der Waals surface area contributed by atoms with E-state index in [0.29, 0.717) is 24.2 Å². The molecule has 1 aromatic carbocycles. The van der Waals surface area contributed by atoms with Crippen molar-refractivity contribution < 1.29 is 9.53 Å². The standard InChI is InChI=1S/C28H43N3O2S/c1-9-31(16-19-10-11-19)24-18(3)17(2)20-14-22-23(15-21(20)25(24)32)34-26(29-22)30-28(7,8)12-13-33-27(4,5)6/h14-15,17-19,24H,9-13,16H2,1-8H3,(H,29,30)/t17?,18-,24?/m1/s1. The van der Waals surface area contributed by atoms with Crippen LogP contribution in [0.25, 0.3) is 10.2 Å². The maximum absolute atomic E-state index is 13.8. The van der Waals surface area contributed by atoms with Crippen LogP contribution in [0.2, 0.25) is 0 Å². The minimum Gasteiger partial charge on any atom is -0.376 e. The van der Waals surface area contributed by atoms with E-state index in [1.54, 1.807) is 11.3 Å². The molecular formula is C28H43N3O2S. The Labute approximate surface area is 209 Å². The number of Topliss-reactive ketones (excluding diaryl/α,β-unsaturated/α-hetero) is 1. The van der Waals surface area contributed by atoms with Crippen molar-refractivity contribution in [2.24, 2.45) is 11.8 Å². The topological polar surface area (TPSA) is 54.5 Å². The average molecular weight is 486 g/mol. The lowest BCUT2D eigenvalue weighted by atomic mass is 9.72. The molecule has 0 bridgehead atoms. The highest BCUT2D eigenvalue weighted by molar-refractivity contribution is 7.22. The molecule has 2 aliphatic rings. The number of aromatic nitrogens is 1. The molecule has 2 unspecified atom stereocenters. The van der Waals surface area contributed by atoms with Crippen LogP contribution >= 0.6 is 11.3 Å². The summed E-state index contributed by atoms with van der Waals surface area (Å²) in [5.41, 5.74) is 2.80.